The number of rotatable bonds is 9. The summed E-state index contributed by atoms with van der Waals surface area (Å²) >= 11 is 0. The Bertz CT molecular complexity index is 814. The molecule has 2 aromatic rings. The molecule has 0 spiro atoms. The lowest BCUT2D eigenvalue weighted by Crippen LogP contribution is -2.54. The van der Waals surface area contributed by atoms with Crippen molar-refractivity contribution >= 4 is 8.32 Å². The summed E-state index contributed by atoms with van der Waals surface area (Å²) in [5.41, 5.74) is 2.29. The smallest absolute Gasteiger partial charge is 0.192 e. The van der Waals surface area contributed by atoms with Crippen molar-refractivity contribution in [1.82, 2.24) is 0 Å². The van der Waals surface area contributed by atoms with Crippen LogP contribution in [0.5, 0.6) is 0 Å². The molecule has 5 heteroatoms. The molecule has 4 nitrogen and oxygen atoms in total. The molecule has 1 aliphatic heterocycles. The zero-order valence-corrected chi connectivity index (χ0v) is 20.4. The Hall–Kier alpha value is -1.92. The van der Waals surface area contributed by atoms with Crippen LogP contribution in [0.25, 0.3) is 0 Å². The summed E-state index contributed by atoms with van der Waals surface area (Å²) in [6.45, 7) is 12.8. The summed E-state index contributed by atoms with van der Waals surface area (Å²) in [6.07, 6.45) is 3.08. The summed E-state index contributed by atoms with van der Waals surface area (Å²) < 4.78 is 25.1. The Balaban J connectivity index is 1.70. The maximum Gasteiger partial charge on any atom is 0.192 e. The normalized spacial score (nSPS) is 21.6. The van der Waals surface area contributed by atoms with Crippen LogP contribution in [0.3, 0.4) is 0 Å². The Kier molecular flexibility index (Phi) is 8.11. The van der Waals surface area contributed by atoms with Crippen LogP contribution in [-0.2, 0) is 31.9 Å². The molecule has 3 atom stereocenters. The zero-order valence-electron chi connectivity index (χ0n) is 19.4. The van der Waals surface area contributed by atoms with E-state index in [2.05, 4.69) is 58.1 Å². The van der Waals surface area contributed by atoms with Crippen molar-refractivity contribution in [3.63, 3.8) is 0 Å². The van der Waals surface area contributed by atoms with Crippen LogP contribution in [0.2, 0.25) is 18.1 Å². The van der Waals surface area contributed by atoms with Crippen LogP contribution in [0, 0.1) is 0 Å². The van der Waals surface area contributed by atoms with Gasteiger partial charge in [0.15, 0.2) is 8.32 Å². The lowest BCUT2D eigenvalue weighted by molar-refractivity contribution is -0.110. The standard InChI is InChI=1S/C26H36O4Si/c1-26(2,3)31(4,5)30-25-23(29-19-22-14-10-7-11-15-22)16-17-28-24(25)20-27-18-21-12-8-6-9-13-21/h6-17,23-25H,18-20H2,1-5H3/t23-,24-,25+/m1/s1. The summed E-state index contributed by atoms with van der Waals surface area (Å²) in [5, 5.41) is 0.0909. The third kappa shape index (κ3) is 6.78. The highest BCUT2D eigenvalue weighted by Crippen LogP contribution is 2.39. The molecule has 0 aromatic heterocycles. The Morgan fingerprint density at radius 2 is 1.45 bits per heavy atom. The highest BCUT2D eigenvalue weighted by molar-refractivity contribution is 6.74. The van der Waals surface area contributed by atoms with E-state index >= 15 is 0 Å². The van der Waals surface area contributed by atoms with E-state index in [-0.39, 0.29) is 23.4 Å². The maximum atomic E-state index is 6.82. The largest absolute Gasteiger partial charge is 0.493 e. The highest BCUT2D eigenvalue weighted by atomic mass is 28.4. The molecule has 0 N–H and O–H groups in total. The summed E-state index contributed by atoms with van der Waals surface area (Å²) in [6, 6.07) is 20.4. The van der Waals surface area contributed by atoms with Crippen molar-refractivity contribution in [3.8, 4) is 0 Å². The molecule has 0 saturated heterocycles. The van der Waals surface area contributed by atoms with Gasteiger partial charge in [-0.2, -0.15) is 0 Å². The molecule has 168 valence electrons. The Morgan fingerprint density at radius 3 is 2.03 bits per heavy atom. The van der Waals surface area contributed by atoms with Gasteiger partial charge in [-0.3, -0.25) is 0 Å². The first-order valence-electron chi connectivity index (χ1n) is 11.0. The molecular formula is C26H36O4Si. The lowest BCUT2D eigenvalue weighted by atomic mass is 10.1. The molecule has 3 rings (SSSR count). The van der Waals surface area contributed by atoms with Gasteiger partial charge in [-0.1, -0.05) is 81.4 Å². The van der Waals surface area contributed by atoms with Gasteiger partial charge in [0.1, 0.15) is 18.3 Å². The third-order valence-electron chi connectivity index (χ3n) is 6.13. The monoisotopic (exact) mass is 440 g/mol. The van der Waals surface area contributed by atoms with Gasteiger partial charge in [0, 0.05) is 0 Å². The van der Waals surface area contributed by atoms with E-state index in [0.29, 0.717) is 19.8 Å². The van der Waals surface area contributed by atoms with E-state index in [4.69, 9.17) is 18.6 Å². The number of ether oxygens (including phenoxy) is 3. The predicted molar refractivity (Wildman–Crippen MR) is 127 cm³/mol. The van der Waals surface area contributed by atoms with E-state index in [1.807, 2.05) is 42.5 Å². The zero-order chi connectivity index (χ0) is 22.3. The average Bonchev–Trinajstić information content (AvgIpc) is 2.74. The minimum Gasteiger partial charge on any atom is -0.493 e. The SMILES string of the molecule is CC(C)(C)[Si](C)(C)O[C@H]1[C@H](OCc2ccccc2)C=CO[C@@H]1COCc1ccccc1. The molecule has 0 unspecified atom stereocenters. The average molecular weight is 441 g/mol. The molecule has 31 heavy (non-hydrogen) atoms. The van der Waals surface area contributed by atoms with Crippen LogP contribution in [0.15, 0.2) is 73.0 Å². The van der Waals surface area contributed by atoms with E-state index in [0.717, 1.165) is 11.1 Å². The maximum absolute atomic E-state index is 6.82. The second kappa shape index (κ2) is 10.6. The van der Waals surface area contributed by atoms with Crippen molar-refractivity contribution in [2.75, 3.05) is 6.61 Å². The molecule has 0 saturated carbocycles. The quantitative estimate of drug-likeness (QED) is 0.442. The molecule has 0 aliphatic carbocycles. The van der Waals surface area contributed by atoms with E-state index in [9.17, 15) is 0 Å². The minimum atomic E-state index is -2.04. The number of benzene rings is 2. The second-order valence-corrected chi connectivity index (χ2v) is 14.4. The van der Waals surface area contributed by atoms with E-state index in [1.54, 1.807) is 6.26 Å². The Morgan fingerprint density at radius 1 is 0.871 bits per heavy atom. The van der Waals surface area contributed by atoms with Crippen molar-refractivity contribution in [2.45, 2.75) is 70.4 Å². The predicted octanol–water partition coefficient (Wildman–Crippen LogP) is 6.09. The van der Waals surface area contributed by atoms with E-state index < -0.39 is 8.32 Å². The van der Waals surface area contributed by atoms with Gasteiger partial charge < -0.3 is 18.6 Å². The molecule has 0 radical (unpaired) electrons. The fraction of sp³-hybridized carbons (Fsp3) is 0.462. The van der Waals surface area contributed by atoms with Gasteiger partial charge in [0.2, 0.25) is 0 Å². The van der Waals surface area contributed by atoms with Gasteiger partial charge >= 0.3 is 0 Å². The highest BCUT2D eigenvalue weighted by Gasteiger charge is 2.44. The molecule has 0 fully saturated rings. The fourth-order valence-electron chi connectivity index (χ4n) is 3.20. The Labute approximate surface area is 188 Å². The van der Waals surface area contributed by atoms with Gasteiger partial charge in [0.25, 0.3) is 0 Å². The molecule has 1 aliphatic rings. The lowest BCUT2D eigenvalue weighted by Gasteiger charge is -2.44. The third-order valence-corrected chi connectivity index (χ3v) is 10.6. The molecule has 0 amide bonds. The second-order valence-electron chi connectivity index (χ2n) is 9.61. The van der Waals surface area contributed by atoms with Crippen molar-refractivity contribution < 1.29 is 18.6 Å². The van der Waals surface area contributed by atoms with Crippen LogP contribution >= 0.6 is 0 Å². The summed E-state index contributed by atoms with van der Waals surface area (Å²) in [4.78, 5) is 0. The molecule has 0 bridgehead atoms. The number of hydrogen-bond acceptors (Lipinski definition) is 4. The molecule has 2 aromatic carbocycles. The van der Waals surface area contributed by atoms with Crippen molar-refractivity contribution in [1.29, 1.82) is 0 Å². The van der Waals surface area contributed by atoms with Gasteiger partial charge in [-0.25, -0.2) is 0 Å². The summed E-state index contributed by atoms with van der Waals surface area (Å²) in [7, 11) is -2.04. The van der Waals surface area contributed by atoms with Gasteiger partial charge in [-0.15, -0.1) is 0 Å². The van der Waals surface area contributed by atoms with Gasteiger partial charge in [-0.05, 0) is 35.3 Å². The van der Waals surface area contributed by atoms with Crippen LogP contribution < -0.4 is 0 Å². The number of hydrogen-bond donors (Lipinski definition) is 0. The van der Waals surface area contributed by atoms with Gasteiger partial charge in [0.05, 0.1) is 26.1 Å². The van der Waals surface area contributed by atoms with Crippen LogP contribution in [-0.4, -0.2) is 33.2 Å². The topological polar surface area (TPSA) is 36.9 Å². The first kappa shape index (κ1) is 23.7. The minimum absolute atomic E-state index is 0.0909. The fourth-order valence-corrected chi connectivity index (χ4v) is 4.52. The van der Waals surface area contributed by atoms with Crippen LogP contribution in [0.4, 0.5) is 0 Å². The van der Waals surface area contributed by atoms with Crippen molar-refractivity contribution in [2.24, 2.45) is 0 Å². The van der Waals surface area contributed by atoms with E-state index in [1.165, 1.54) is 0 Å². The first-order valence-corrected chi connectivity index (χ1v) is 13.9. The molecular weight excluding hydrogens is 404 g/mol. The molecule has 1 heterocycles. The summed E-state index contributed by atoms with van der Waals surface area (Å²) in [5.74, 6) is 0. The first-order chi connectivity index (χ1) is 14.8. The van der Waals surface area contributed by atoms with Crippen LogP contribution in [0.1, 0.15) is 31.9 Å². The van der Waals surface area contributed by atoms with Crippen molar-refractivity contribution in [3.05, 3.63) is 84.1 Å².